The van der Waals surface area contributed by atoms with E-state index in [1.807, 2.05) is 42.7 Å². The van der Waals surface area contributed by atoms with Gasteiger partial charge in [0.15, 0.2) is 0 Å². The van der Waals surface area contributed by atoms with Crippen LogP contribution in [0.3, 0.4) is 0 Å². The quantitative estimate of drug-likeness (QED) is 0.323. The summed E-state index contributed by atoms with van der Waals surface area (Å²) in [7, 11) is 1.92. The maximum Gasteiger partial charge on any atom is 1.00 e. The predicted molar refractivity (Wildman–Crippen MR) is 128 cm³/mol. The third-order valence-electron chi connectivity index (χ3n) is 6.37. The maximum absolute atomic E-state index is 13.1. The molecule has 2 aromatic rings. The summed E-state index contributed by atoms with van der Waals surface area (Å²) in [5.74, 6) is 2.96. The number of hydrogen-bond acceptors (Lipinski definition) is 6. The summed E-state index contributed by atoms with van der Waals surface area (Å²) in [6.45, 7) is 7.21. The number of aromatic nitrogens is 3. The molecule has 0 aliphatic carbocycles. The summed E-state index contributed by atoms with van der Waals surface area (Å²) in [6, 6.07) is 3.94. The van der Waals surface area contributed by atoms with Gasteiger partial charge in [-0.1, -0.05) is 13.8 Å². The standard InChI is InChI=1S/C23H29N6O2.C2H6.K/c1-3-18-4-5-21(25-15-18)27-12-8-23(31,9-13-27)22(30)28-10-6-20(7-11-28)29-17-19(14-24-2)16-26-29;1-2;/h4-5,15-17,20,24,31H,6-14H2,2H3;1-2H3;/q-1;;+1. The average Bonchev–Trinajstić information content (AvgIpc) is 3.34. The fraction of sp³-hybridized carbons (Fsp3) is 0.560. The van der Waals surface area contributed by atoms with Gasteiger partial charge in [-0.25, -0.2) is 0 Å². The average molecular weight is 491 g/mol. The van der Waals surface area contributed by atoms with Crippen LogP contribution >= 0.6 is 0 Å². The number of carbonyl (C=O) groups excluding carboxylic acids is 1. The van der Waals surface area contributed by atoms with Gasteiger partial charge in [0, 0.05) is 57.3 Å². The van der Waals surface area contributed by atoms with E-state index >= 15 is 0 Å². The second-order valence-electron chi connectivity index (χ2n) is 8.43. The number of pyridine rings is 1. The molecule has 4 rings (SSSR count). The molecule has 1 amide bonds. The second kappa shape index (κ2) is 13.7. The third kappa shape index (κ3) is 6.91. The summed E-state index contributed by atoms with van der Waals surface area (Å²) in [5.41, 5.74) is 0.476. The predicted octanol–water partition coefficient (Wildman–Crippen LogP) is -0.839. The Kier molecular flexibility index (Phi) is 11.7. The summed E-state index contributed by atoms with van der Waals surface area (Å²) in [5, 5.41) is 18.7. The summed E-state index contributed by atoms with van der Waals surface area (Å²) in [4.78, 5) is 21.4. The normalized spacial score (nSPS) is 17.7. The molecule has 34 heavy (non-hydrogen) atoms. The summed E-state index contributed by atoms with van der Waals surface area (Å²) in [6.07, 6.45) is 15.2. The molecule has 2 aliphatic heterocycles. The van der Waals surface area contributed by atoms with Gasteiger partial charge in [0.1, 0.15) is 11.4 Å². The van der Waals surface area contributed by atoms with E-state index < -0.39 is 5.60 Å². The molecule has 0 saturated carbocycles. The van der Waals surface area contributed by atoms with Gasteiger partial charge in [-0.05, 0) is 32.2 Å². The van der Waals surface area contributed by atoms with Crippen LogP contribution in [0.5, 0.6) is 0 Å². The monoisotopic (exact) mass is 490 g/mol. The SMILES string of the molecule is CC.[C-]#Cc1ccc(N2CCC(O)(C(=O)N3CCC(n4cc(CNC)cn4)CC3)CC2)nc1.[K+]. The van der Waals surface area contributed by atoms with E-state index in [0.29, 0.717) is 50.6 Å². The molecule has 4 heterocycles. The molecule has 9 heteroatoms. The number of hydrogen-bond donors (Lipinski definition) is 2. The van der Waals surface area contributed by atoms with Crippen LogP contribution in [0.2, 0.25) is 0 Å². The molecule has 2 N–H and O–H groups in total. The van der Waals surface area contributed by atoms with Crippen LogP contribution < -0.4 is 61.6 Å². The van der Waals surface area contributed by atoms with E-state index in [4.69, 9.17) is 6.42 Å². The van der Waals surface area contributed by atoms with E-state index in [1.54, 1.807) is 12.3 Å². The first kappa shape index (κ1) is 29.0. The van der Waals surface area contributed by atoms with E-state index in [1.165, 1.54) is 0 Å². The first-order valence-corrected chi connectivity index (χ1v) is 11.9. The zero-order valence-electron chi connectivity index (χ0n) is 20.9. The Labute approximate surface area is 245 Å². The number of anilines is 1. The van der Waals surface area contributed by atoms with Crippen LogP contribution in [0, 0.1) is 12.3 Å². The topological polar surface area (TPSA) is 86.5 Å². The van der Waals surface area contributed by atoms with Crippen LogP contribution in [-0.4, -0.2) is 69.5 Å². The van der Waals surface area contributed by atoms with Crippen LogP contribution in [0.1, 0.15) is 56.7 Å². The number of amides is 1. The van der Waals surface area contributed by atoms with Gasteiger partial charge in [0.2, 0.25) is 0 Å². The molecule has 2 aliphatic rings. The number of carbonyl (C=O) groups is 1. The molecule has 0 atom stereocenters. The molecule has 0 unspecified atom stereocenters. The van der Waals surface area contributed by atoms with Gasteiger partial charge in [-0.3, -0.25) is 20.4 Å². The number of likely N-dealkylation sites (tertiary alicyclic amines) is 1. The van der Waals surface area contributed by atoms with Crippen LogP contribution in [0.25, 0.3) is 0 Å². The zero-order chi connectivity index (χ0) is 23.8. The van der Waals surface area contributed by atoms with Crippen molar-refractivity contribution >= 4 is 11.7 Å². The number of rotatable bonds is 5. The minimum Gasteiger partial charge on any atom is -0.380 e. The minimum absolute atomic E-state index is 0. The van der Waals surface area contributed by atoms with Crippen molar-refractivity contribution in [2.45, 2.75) is 57.7 Å². The zero-order valence-corrected chi connectivity index (χ0v) is 24.0. The third-order valence-corrected chi connectivity index (χ3v) is 6.37. The van der Waals surface area contributed by atoms with E-state index in [9.17, 15) is 9.90 Å². The second-order valence-corrected chi connectivity index (χ2v) is 8.43. The maximum atomic E-state index is 13.1. The molecule has 0 spiro atoms. The van der Waals surface area contributed by atoms with Crippen molar-refractivity contribution in [2.24, 2.45) is 0 Å². The number of nitrogens with zero attached hydrogens (tertiary/aromatic N) is 5. The van der Waals surface area contributed by atoms with Crippen molar-refractivity contribution < 1.29 is 61.3 Å². The molecule has 0 radical (unpaired) electrons. The molecule has 178 valence electrons. The largest absolute Gasteiger partial charge is 1.00 e. The number of piperidine rings is 2. The Balaban J connectivity index is 0.00000133. The Morgan fingerprint density at radius 3 is 2.44 bits per heavy atom. The van der Waals surface area contributed by atoms with Crippen molar-refractivity contribution in [3.63, 3.8) is 0 Å². The van der Waals surface area contributed by atoms with Crippen molar-refractivity contribution in [3.05, 3.63) is 48.3 Å². The van der Waals surface area contributed by atoms with Gasteiger partial charge >= 0.3 is 51.4 Å². The van der Waals surface area contributed by atoms with Crippen molar-refractivity contribution in [3.8, 4) is 5.92 Å². The summed E-state index contributed by atoms with van der Waals surface area (Å²) >= 11 is 0. The summed E-state index contributed by atoms with van der Waals surface area (Å²) < 4.78 is 2.01. The van der Waals surface area contributed by atoms with E-state index in [-0.39, 0.29) is 57.3 Å². The first-order valence-electron chi connectivity index (χ1n) is 11.9. The van der Waals surface area contributed by atoms with Gasteiger partial charge in [-0.15, -0.1) is 11.6 Å². The Morgan fingerprint density at radius 1 is 1.21 bits per heavy atom. The smallest absolute Gasteiger partial charge is 0.380 e. The Hall–Kier alpha value is -1.25. The number of nitrogens with one attached hydrogen (secondary N) is 1. The van der Waals surface area contributed by atoms with Crippen LogP contribution in [0.15, 0.2) is 30.7 Å². The molecule has 2 saturated heterocycles. The van der Waals surface area contributed by atoms with Gasteiger partial charge in [-0.2, -0.15) is 5.10 Å². The molecular formula is C25H35KN6O2. The van der Waals surface area contributed by atoms with Crippen molar-refractivity contribution in [1.82, 2.24) is 25.0 Å². The fourth-order valence-electron chi connectivity index (χ4n) is 4.47. The van der Waals surface area contributed by atoms with E-state index in [2.05, 4.69) is 32.4 Å². The molecular weight excluding hydrogens is 455 g/mol. The molecule has 0 bridgehead atoms. The fourth-order valence-corrected chi connectivity index (χ4v) is 4.47. The first-order chi connectivity index (χ1) is 16.0. The number of aliphatic hydroxyl groups is 1. The van der Waals surface area contributed by atoms with Gasteiger partial charge in [0.05, 0.1) is 12.2 Å². The van der Waals surface area contributed by atoms with Crippen molar-refractivity contribution in [2.75, 3.05) is 38.1 Å². The molecule has 0 aromatic carbocycles. The Morgan fingerprint density at radius 2 is 1.88 bits per heavy atom. The molecule has 2 aromatic heterocycles. The molecule has 8 nitrogen and oxygen atoms in total. The van der Waals surface area contributed by atoms with Gasteiger partial charge < -0.3 is 26.6 Å². The van der Waals surface area contributed by atoms with Crippen molar-refractivity contribution in [1.29, 1.82) is 0 Å². The van der Waals surface area contributed by atoms with E-state index in [0.717, 1.165) is 30.8 Å². The van der Waals surface area contributed by atoms with Gasteiger partial charge in [0.25, 0.3) is 5.91 Å². The Bertz CT molecular complexity index is 939. The molecule has 2 fully saturated rings. The minimum atomic E-state index is -1.31. The van der Waals surface area contributed by atoms with Crippen LogP contribution in [0.4, 0.5) is 5.82 Å². The van der Waals surface area contributed by atoms with Crippen LogP contribution in [-0.2, 0) is 11.3 Å².